The van der Waals surface area contributed by atoms with E-state index in [2.05, 4.69) is 30.4 Å². The van der Waals surface area contributed by atoms with Crippen molar-refractivity contribution in [3.8, 4) is 5.75 Å². The number of aliphatic hydroxyl groups excluding tert-OH is 1. The number of fused-ring (bicyclic) bond motifs is 1. The van der Waals surface area contributed by atoms with E-state index in [0.29, 0.717) is 22.5 Å². The second kappa shape index (κ2) is 8.54. The lowest BCUT2D eigenvalue weighted by Crippen LogP contribution is -2.39. The molecule has 0 atom stereocenters. The molecule has 0 bridgehead atoms. The van der Waals surface area contributed by atoms with Gasteiger partial charge in [-0.25, -0.2) is 15.1 Å². The zero-order valence-corrected chi connectivity index (χ0v) is 16.3. The molecule has 9 nitrogen and oxygen atoms in total. The topological polar surface area (TPSA) is 116 Å². The van der Waals surface area contributed by atoms with Crippen molar-refractivity contribution in [2.24, 2.45) is 0 Å². The van der Waals surface area contributed by atoms with Crippen LogP contribution in [0.1, 0.15) is 18.7 Å². The van der Waals surface area contributed by atoms with Crippen molar-refractivity contribution in [2.45, 2.75) is 25.9 Å². The van der Waals surface area contributed by atoms with Gasteiger partial charge in [-0.15, -0.1) is 0 Å². The Bertz CT molecular complexity index is 1030. The highest BCUT2D eigenvalue weighted by Crippen LogP contribution is 2.24. The fourth-order valence-corrected chi connectivity index (χ4v) is 3.55. The molecule has 29 heavy (non-hydrogen) atoms. The highest BCUT2D eigenvalue weighted by molar-refractivity contribution is 5.89. The van der Waals surface area contributed by atoms with Gasteiger partial charge in [-0.05, 0) is 44.0 Å². The Morgan fingerprint density at radius 1 is 1.24 bits per heavy atom. The van der Waals surface area contributed by atoms with E-state index in [-0.39, 0.29) is 18.3 Å². The van der Waals surface area contributed by atoms with Gasteiger partial charge in [0, 0.05) is 25.3 Å². The molecule has 1 aliphatic heterocycles. The first-order valence-electron chi connectivity index (χ1n) is 9.71. The van der Waals surface area contributed by atoms with Crippen LogP contribution < -0.4 is 15.6 Å². The summed E-state index contributed by atoms with van der Waals surface area (Å²) in [6.07, 6.45) is 3.59. The van der Waals surface area contributed by atoms with E-state index < -0.39 is 0 Å². The predicted molar refractivity (Wildman–Crippen MR) is 110 cm³/mol. The van der Waals surface area contributed by atoms with Crippen LogP contribution in [0.15, 0.2) is 35.3 Å². The number of nitrogens with zero attached hydrogens (tertiary/aromatic N) is 4. The Kier molecular flexibility index (Phi) is 5.68. The molecule has 9 heteroatoms. The van der Waals surface area contributed by atoms with Gasteiger partial charge in [0.05, 0.1) is 12.8 Å². The number of nitrogens with one attached hydrogen (secondary N) is 2. The molecule has 4 rings (SSSR count). The first-order chi connectivity index (χ1) is 14.1. The summed E-state index contributed by atoms with van der Waals surface area (Å²) in [7, 11) is 0. The highest BCUT2D eigenvalue weighted by atomic mass is 16.5. The Morgan fingerprint density at radius 3 is 2.72 bits per heavy atom. The van der Waals surface area contributed by atoms with E-state index >= 15 is 0 Å². The second-order valence-corrected chi connectivity index (χ2v) is 7.11. The standard InChI is InChI=1S/C20H24N6O3/c1-13-22-17-12-21-25-20(28)18(17)19(23-13)24-14-2-4-15(5-3-14)29-16-6-8-26(9-7-16)10-11-27/h2-5,12,16,27H,6-11H2,1H3,(H,25,28)(H,22,23,24). The van der Waals surface area contributed by atoms with Gasteiger partial charge in [-0.2, -0.15) is 5.10 Å². The number of β-amino-alcohol motifs (C(OH)–C–C–N with tert-alkyl or cyclic N) is 1. The van der Waals surface area contributed by atoms with E-state index in [4.69, 9.17) is 9.84 Å². The van der Waals surface area contributed by atoms with E-state index in [9.17, 15) is 4.79 Å². The fraction of sp³-hybridized carbons (Fsp3) is 0.400. The number of likely N-dealkylation sites (tertiary alicyclic amines) is 1. The van der Waals surface area contributed by atoms with Crippen molar-refractivity contribution in [1.82, 2.24) is 25.1 Å². The third-order valence-electron chi connectivity index (χ3n) is 5.00. The van der Waals surface area contributed by atoms with E-state index in [1.807, 2.05) is 24.3 Å². The molecule has 0 unspecified atom stereocenters. The molecular formula is C20H24N6O3. The highest BCUT2D eigenvalue weighted by Gasteiger charge is 2.20. The Balaban J connectivity index is 1.44. The van der Waals surface area contributed by atoms with Crippen LogP contribution in [-0.2, 0) is 0 Å². The molecule has 2 aromatic heterocycles. The summed E-state index contributed by atoms with van der Waals surface area (Å²) < 4.78 is 6.09. The van der Waals surface area contributed by atoms with E-state index in [0.717, 1.165) is 43.9 Å². The van der Waals surface area contributed by atoms with E-state index in [1.54, 1.807) is 6.92 Å². The largest absolute Gasteiger partial charge is 0.490 e. The lowest BCUT2D eigenvalue weighted by Gasteiger charge is -2.31. The van der Waals surface area contributed by atoms with Crippen molar-refractivity contribution in [2.75, 3.05) is 31.6 Å². The van der Waals surface area contributed by atoms with Crippen LogP contribution in [0, 0.1) is 6.92 Å². The van der Waals surface area contributed by atoms with E-state index in [1.165, 1.54) is 6.20 Å². The molecule has 3 aromatic rings. The SMILES string of the molecule is Cc1nc(Nc2ccc(OC3CCN(CCO)CC3)cc2)c2c(=O)[nH]ncc2n1. The van der Waals surface area contributed by atoms with Gasteiger partial charge >= 0.3 is 0 Å². The first-order valence-corrected chi connectivity index (χ1v) is 9.71. The van der Waals surface area contributed by atoms with Crippen molar-refractivity contribution in [3.63, 3.8) is 0 Å². The van der Waals surface area contributed by atoms with Gasteiger partial charge in [0.2, 0.25) is 0 Å². The van der Waals surface area contributed by atoms with Crippen LogP contribution in [-0.4, -0.2) is 62.5 Å². The lowest BCUT2D eigenvalue weighted by molar-refractivity contribution is 0.0889. The zero-order valence-electron chi connectivity index (χ0n) is 16.3. The van der Waals surface area contributed by atoms with Crippen LogP contribution in [0.5, 0.6) is 5.75 Å². The average Bonchev–Trinajstić information content (AvgIpc) is 2.71. The number of piperidine rings is 1. The quantitative estimate of drug-likeness (QED) is 0.575. The second-order valence-electron chi connectivity index (χ2n) is 7.11. The summed E-state index contributed by atoms with van der Waals surface area (Å²) in [5, 5.41) is 18.8. The van der Waals surface area contributed by atoms with Crippen LogP contribution in [0.4, 0.5) is 11.5 Å². The maximum absolute atomic E-state index is 12.2. The molecule has 0 saturated carbocycles. The summed E-state index contributed by atoms with van der Waals surface area (Å²) in [4.78, 5) is 23.0. The fourth-order valence-electron chi connectivity index (χ4n) is 3.55. The van der Waals surface area contributed by atoms with Gasteiger partial charge in [0.1, 0.15) is 34.4 Å². The van der Waals surface area contributed by atoms with Crippen molar-refractivity contribution >= 4 is 22.4 Å². The third kappa shape index (κ3) is 4.52. The number of aliphatic hydroxyl groups is 1. The summed E-state index contributed by atoms with van der Waals surface area (Å²) in [5.41, 5.74) is 0.958. The van der Waals surface area contributed by atoms with Crippen LogP contribution >= 0.6 is 0 Å². The number of aryl methyl sites for hydroxylation is 1. The van der Waals surface area contributed by atoms with Gasteiger partial charge in [0.15, 0.2) is 0 Å². The van der Waals surface area contributed by atoms with Crippen molar-refractivity contribution < 1.29 is 9.84 Å². The zero-order chi connectivity index (χ0) is 20.2. The molecule has 0 spiro atoms. The minimum Gasteiger partial charge on any atom is -0.490 e. The first kappa shape index (κ1) is 19.3. The number of ether oxygens (including phenoxy) is 1. The molecule has 1 fully saturated rings. The smallest absolute Gasteiger partial charge is 0.277 e. The predicted octanol–water partition coefficient (Wildman–Crippen LogP) is 1.60. The summed E-state index contributed by atoms with van der Waals surface area (Å²) in [6, 6.07) is 7.61. The number of H-pyrrole nitrogens is 1. The Labute approximate surface area is 167 Å². The lowest BCUT2D eigenvalue weighted by atomic mass is 10.1. The minimum absolute atomic E-state index is 0.184. The molecule has 0 amide bonds. The maximum Gasteiger partial charge on any atom is 0.277 e. The number of rotatable bonds is 6. The summed E-state index contributed by atoms with van der Waals surface area (Å²) in [5.74, 6) is 1.81. The van der Waals surface area contributed by atoms with Gasteiger partial charge < -0.3 is 20.1 Å². The normalized spacial score (nSPS) is 15.5. The molecule has 152 valence electrons. The molecule has 3 heterocycles. The van der Waals surface area contributed by atoms with Crippen molar-refractivity contribution in [1.29, 1.82) is 0 Å². The molecule has 1 aliphatic rings. The monoisotopic (exact) mass is 396 g/mol. The van der Waals surface area contributed by atoms with Crippen LogP contribution in [0.3, 0.4) is 0 Å². The number of aromatic amines is 1. The van der Waals surface area contributed by atoms with Gasteiger partial charge in [0.25, 0.3) is 5.56 Å². The number of benzene rings is 1. The molecule has 1 saturated heterocycles. The van der Waals surface area contributed by atoms with Gasteiger partial charge in [-0.3, -0.25) is 4.79 Å². The molecule has 0 radical (unpaired) electrons. The van der Waals surface area contributed by atoms with Crippen LogP contribution in [0.2, 0.25) is 0 Å². The number of hydrogen-bond donors (Lipinski definition) is 3. The van der Waals surface area contributed by atoms with Crippen molar-refractivity contribution in [3.05, 3.63) is 46.6 Å². The van der Waals surface area contributed by atoms with Crippen LogP contribution in [0.25, 0.3) is 10.9 Å². The number of hydrogen-bond acceptors (Lipinski definition) is 8. The third-order valence-corrected chi connectivity index (χ3v) is 5.00. The molecular weight excluding hydrogens is 372 g/mol. The Morgan fingerprint density at radius 2 is 2.00 bits per heavy atom. The minimum atomic E-state index is -0.336. The Hall–Kier alpha value is -3.04. The summed E-state index contributed by atoms with van der Waals surface area (Å²) in [6.45, 7) is 4.57. The molecule has 1 aromatic carbocycles. The van der Waals surface area contributed by atoms with Gasteiger partial charge in [-0.1, -0.05) is 0 Å². The molecule has 0 aliphatic carbocycles. The molecule has 3 N–H and O–H groups in total. The number of anilines is 2. The summed E-state index contributed by atoms with van der Waals surface area (Å²) >= 11 is 0. The maximum atomic E-state index is 12.2. The number of aromatic nitrogens is 4. The average molecular weight is 396 g/mol.